The Balaban J connectivity index is 1.44. The highest BCUT2D eigenvalue weighted by Crippen LogP contribution is 2.46. The van der Waals surface area contributed by atoms with Crippen molar-refractivity contribution in [1.29, 1.82) is 0 Å². The summed E-state index contributed by atoms with van der Waals surface area (Å²) in [6, 6.07) is 16.9. The number of benzene rings is 2. The lowest BCUT2D eigenvalue weighted by Gasteiger charge is -2.36. The number of hydrogen-bond donors (Lipinski definition) is 1. The van der Waals surface area contributed by atoms with Gasteiger partial charge in [0.2, 0.25) is 5.91 Å². The fraction of sp³-hybridized carbons (Fsp3) is 0.519. The maximum absolute atomic E-state index is 11.7. The number of ether oxygens (including phenoxy) is 2. The van der Waals surface area contributed by atoms with Crippen LogP contribution >= 0.6 is 0 Å². The standard InChI is InChI=1S/C27H37NO4Si/c1-19-24(14-7-20-5-8-21(9-6-20)28-17-15-26(28)30)32-25(16-18-29)27(19)33(3,4)23-12-10-22(31-2)11-13-23/h5-6,8-13,19,24-25,27,29H,7,14-18H2,1-4H3/t19-,24+,25-,27+/m0/s1. The zero-order chi connectivity index (χ0) is 23.6. The fourth-order valence-corrected chi connectivity index (χ4v) is 9.90. The number of aliphatic hydroxyl groups excluding tert-OH is 1. The van der Waals surface area contributed by atoms with Crippen LogP contribution in [-0.2, 0) is 16.0 Å². The van der Waals surface area contributed by atoms with Crippen LogP contribution in [0.4, 0.5) is 5.69 Å². The van der Waals surface area contributed by atoms with Crippen molar-refractivity contribution in [2.45, 2.75) is 63.5 Å². The largest absolute Gasteiger partial charge is 0.497 e. The summed E-state index contributed by atoms with van der Waals surface area (Å²) < 4.78 is 12.0. The maximum atomic E-state index is 11.7. The first-order valence-corrected chi connectivity index (χ1v) is 15.2. The topological polar surface area (TPSA) is 59.0 Å². The number of methoxy groups -OCH3 is 1. The van der Waals surface area contributed by atoms with Crippen LogP contribution in [0, 0.1) is 5.92 Å². The second kappa shape index (κ2) is 10.00. The van der Waals surface area contributed by atoms with Gasteiger partial charge in [0.25, 0.3) is 0 Å². The fourth-order valence-electron chi connectivity index (χ4n) is 5.78. The Morgan fingerprint density at radius 2 is 1.76 bits per heavy atom. The molecule has 4 atom stereocenters. The van der Waals surface area contributed by atoms with E-state index in [1.807, 2.05) is 4.90 Å². The van der Waals surface area contributed by atoms with Gasteiger partial charge in [-0.1, -0.05) is 49.5 Å². The van der Waals surface area contributed by atoms with Crippen LogP contribution in [0.2, 0.25) is 18.6 Å². The van der Waals surface area contributed by atoms with Crippen LogP contribution in [0.5, 0.6) is 5.75 Å². The van der Waals surface area contributed by atoms with Crippen LogP contribution in [-0.4, -0.2) is 51.6 Å². The Hall–Kier alpha value is -2.15. The van der Waals surface area contributed by atoms with Crippen LogP contribution in [0.3, 0.4) is 0 Å². The van der Waals surface area contributed by atoms with Crippen molar-refractivity contribution >= 4 is 24.9 Å². The monoisotopic (exact) mass is 467 g/mol. The summed E-state index contributed by atoms with van der Waals surface area (Å²) in [7, 11) is -0.150. The Bertz CT molecular complexity index is 944. The van der Waals surface area contributed by atoms with Crippen LogP contribution < -0.4 is 14.8 Å². The summed E-state index contributed by atoms with van der Waals surface area (Å²) in [6.45, 7) is 8.19. The molecule has 1 N–H and O–H groups in total. The number of hydrogen-bond acceptors (Lipinski definition) is 4. The van der Waals surface area contributed by atoms with E-state index in [-0.39, 0.29) is 24.7 Å². The molecule has 0 saturated carbocycles. The molecule has 2 aromatic rings. The van der Waals surface area contributed by atoms with Gasteiger partial charge in [0.05, 0.1) is 27.4 Å². The van der Waals surface area contributed by atoms with Gasteiger partial charge < -0.3 is 19.5 Å². The van der Waals surface area contributed by atoms with Gasteiger partial charge in [-0.05, 0) is 60.6 Å². The molecule has 2 fully saturated rings. The Morgan fingerprint density at radius 1 is 1.06 bits per heavy atom. The summed E-state index contributed by atoms with van der Waals surface area (Å²) in [4.78, 5) is 13.5. The molecule has 1 amide bonds. The van der Waals surface area contributed by atoms with Gasteiger partial charge in [-0.25, -0.2) is 0 Å². The molecule has 0 bridgehead atoms. The zero-order valence-corrected chi connectivity index (χ0v) is 21.3. The minimum atomic E-state index is -1.85. The normalized spacial score (nSPS) is 25.2. The average molecular weight is 468 g/mol. The van der Waals surface area contributed by atoms with E-state index in [0.29, 0.717) is 24.3 Å². The lowest BCUT2D eigenvalue weighted by molar-refractivity contribution is -0.122. The van der Waals surface area contributed by atoms with Crippen LogP contribution in [0.25, 0.3) is 0 Å². The van der Waals surface area contributed by atoms with Gasteiger partial charge in [-0.3, -0.25) is 4.79 Å². The Kier molecular flexibility index (Phi) is 7.27. The van der Waals surface area contributed by atoms with Crippen molar-refractivity contribution in [3.63, 3.8) is 0 Å². The minimum Gasteiger partial charge on any atom is -0.497 e. The molecule has 178 valence electrons. The van der Waals surface area contributed by atoms with Crippen molar-refractivity contribution in [2.24, 2.45) is 5.92 Å². The third-order valence-electron chi connectivity index (χ3n) is 7.80. The molecule has 2 heterocycles. The number of rotatable bonds is 9. The Morgan fingerprint density at radius 3 is 2.30 bits per heavy atom. The SMILES string of the molecule is COc1ccc([Si](C)(C)[C@@H]2[C@@H](C)[C@@H](CCc3ccc(N4CCC4=O)cc3)O[C@H]2CCO)cc1. The van der Waals surface area contributed by atoms with E-state index < -0.39 is 8.07 Å². The van der Waals surface area contributed by atoms with E-state index in [0.717, 1.165) is 30.8 Å². The lowest BCUT2D eigenvalue weighted by Crippen LogP contribution is -2.50. The number of aliphatic hydroxyl groups is 1. The summed E-state index contributed by atoms with van der Waals surface area (Å²) >= 11 is 0. The quantitative estimate of drug-likeness (QED) is 0.445. The first kappa shape index (κ1) is 24.0. The third-order valence-corrected chi connectivity index (χ3v) is 12.2. The average Bonchev–Trinajstić information content (AvgIpc) is 3.13. The van der Waals surface area contributed by atoms with Gasteiger partial charge in [0, 0.05) is 25.3 Å². The van der Waals surface area contributed by atoms with Crippen LogP contribution in [0.1, 0.15) is 31.7 Å². The highest BCUT2D eigenvalue weighted by atomic mass is 28.3. The van der Waals surface area contributed by atoms with Crippen molar-refractivity contribution in [3.8, 4) is 5.75 Å². The number of amides is 1. The molecule has 6 heteroatoms. The summed E-state index contributed by atoms with van der Waals surface area (Å²) in [5, 5.41) is 11.1. The van der Waals surface area contributed by atoms with Crippen molar-refractivity contribution in [2.75, 3.05) is 25.2 Å². The highest BCUT2D eigenvalue weighted by Gasteiger charge is 2.50. The van der Waals surface area contributed by atoms with Gasteiger partial charge in [0.1, 0.15) is 5.75 Å². The van der Waals surface area contributed by atoms with E-state index in [1.165, 1.54) is 10.8 Å². The molecule has 0 radical (unpaired) electrons. The van der Waals surface area contributed by atoms with Gasteiger partial charge in [-0.2, -0.15) is 0 Å². The first-order valence-electron chi connectivity index (χ1n) is 12.1. The molecule has 2 aliphatic rings. The Labute approximate surface area is 198 Å². The maximum Gasteiger partial charge on any atom is 0.228 e. The van der Waals surface area contributed by atoms with Gasteiger partial charge in [0.15, 0.2) is 0 Å². The number of aryl methyl sites for hydroxylation is 1. The third kappa shape index (κ3) is 4.88. The molecule has 0 aliphatic carbocycles. The van der Waals surface area contributed by atoms with Gasteiger partial charge in [-0.15, -0.1) is 0 Å². The van der Waals surface area contributed by atoms with E-state index in [4.69, 9.17) is 9.47 Å². The minimum absolute atomic E-state index is 0.0959. The summed E-state index contributed by atoms with van der Waals surface area (Å²) in [6.07, 6.45) is 3.55. The number of anilines is 1. The zero-order valence-electron chi connectivity index (χ0n) is 20.3. The molecule has 0 aromatic heterocycles. The number of carbonyl (C=O) groups is 1. The summed E-state index contributed by atoms with van der Waals surface area (Å²) in [5.74, 6) is 1.53. The predicted octanol–water partition coefficient (Wildman–Crippen LogP) is 4.14. The highest BCUT2D eigenvalue weighted by molar-refractivity contribution is 6.91. The van der Waals surface area contributed by atoms with Gasteiger partial charge >= 0.3 is 0 Å². The number of carbonyl (C=O) groups excluding carboxylic acids is 1. The van der Waals surface area contributed by atoms with E-state index >= 15 is 0 Å². The molecular formula is C27H37NO4Si. The molecule has 4 rings (SSSR count). The van der Waals surface area contributed by atoms with Crippen LogP contribution in [0.15, 0.2) is 48.5 Å². The predicted molar refractivity (Wildman–Crippen MR) is 135 cm³/mol. The second-order valence-corrected chi connectivity index (χ2v) is 14.7. The smallest absolute Gasteiger partial charge is 0.228 e. The van der Waals surface area contributed by atoms with Crippen molar-refractivity contribution in [3.05, 3.63) is 54.1 Å². The first-order chi connectivity index (χ1) is 15.8. The van der Waals surface area contributed by atoms with Crippen molar-refractivity contribution < 1.29 is 19.4 Å². The second-order valence-electron chi connectivity index (χ2n) is 10.1. The van der Waals surface area contributed by atoms with Crippen molar-refractivity contribution in [1.82, 2.24) is 0 Å². The molecule has 0 unspecified atom stereocenters. The molecule has 2 aliphatic heterocycles. The van der Waals surface area contributed by atoms with E-state index in [9.17, 15) is 9.90 Å². The molecule has 33 heavy (non-hydrogen) atoms. The molecule has 2 aromatic carbocycles. The summed E-state index contributed by atoms with van der Waals surface area (Å²) in [5.41, 5.74) is 2.72. The van der Waals surface area contributed by atoms with E-state index in [2.05, 4.69) is 68.5 Å². The molecule has 0 spiro atoms. The van der Waals surface area contributed by atoms with E-state index in [1.54, 1.807) is 7.11 Å². The lowest BCUT2D eigenvalue weighted by atomic mass is 9.95. The number of β-lactam (4-membered cyclic amide) rings is 1. The molecule has 2 saturated heterocycles. The molecule has 5 nitrogen and oxygen atoms in total. The molecular weight excluding hydrogens is 430 g/mol. The number of nitrogens with zero attached hydrogens (tertiary/aromatic N) is 1.